The first-order valence-corrected chi connectivity index (χ1v) is 5.72. The second-order valence-electron chi connectivity index (χ2n) is 4.57. The number of nitrogens with zero attached hydrogens (tertiary/aromatic N) is 1. The van der Waals surface area contributed by atoms with Crippen LogP contribution in [-0.4, -0.2) is 48.3 Å². The Labute approximate surface area is 90.2 Å². The summed E-state index contributed by atoms with van der Waals surface area (Å²) in [5.41, 5.74) is 0. The zero-order valence-electron chi connectivity index (χ0n) is 9.19. The number of aliphatic hydroxyl groups is 1. The average molecular weight is 213 g/mol. The van der Waals surface area contributed by atoms with E-state index < -0.39 is 0 Å². The van der Waals surface area contributed by atoms with Gasteiger partial charge in [-0.3, -0.25) is 9.69 Å². The molecule has 1 saturated carbocycles. The molecule has 3 atom stereocenters. The van der Waals surface area contributed by atoms with E-state index in [1.807, 2.05) is 0 Å². The summed E-state index contributed by atoms with van der Waals surface area (Å²) in [6.07, 6.45) is 3.75. The number of carbonyl (C=O) groups is 1. The molecule has 15 heavy (non-hydrogen) atoms. The summed E-state index contributed by atoms with van der Waals surface area (Å²) in [4.78, 5) is 13.6. The van der Waals surface area contributed by atoms with Gasteiger partial charge in [-0.05, 0) is 32.2 Å². The third kappa shape index (κ3) is 2.16. The van der Waals surface area contributed by atoms with Crippen molar-refractivity contribution >= 4 is 5.97 Å². The van der Waals surface area contributed by atoms with Crippen LogP contribution in [0.1, 0.15) is 25.7 Å². The van der Waals surface area contributed by atoms with Gasteiger partial charge in [0.1, 0.15) is 0 Å². The van der Waals surface area contributed by atoms with Crippen LogP contribution >= 0.6 is 0 Å². The molecular weight excluding hydrogens is 194 g/mol. The molecule has 0 bridgehead atoms. The number of rotatable bonds is 2. The van der Waals surface area contributed by atoms with Gasteiger partial charge in [0.2, 0.25) is 0 Å². The van der Waals surface area contributed by atoms with Crippen LogP contribution in [0.25, 0.3) is 0 Å². The number of hydrogen-bond acceptors (Lipinski definition) is 4. The molecule has 0 aromatic heterocycles. The lowest BCUT2D eigenvalue weighted by Crippen LogP contribution is -2.39. The molecule has 2 aliphatic rings. The minimum Gasteiger partial charge on any atom is -0.469 e. The summed E-state index contributed by atoms with van der Waals surface area (Å²) in [5.74, 6) is -0.0900. The standard InChI is InChI=1S/C11H19NO3/c1-15-11(14)8-5-6-12(7-8)9-3-2-4-10(9)13/h8-10,13H,2-7H2,1H3. The fourth-order valence-electron chi connectivity index (χ4n) is 2.79. The maximum Gasteiger partial charge on any atom is 0.310 e. The van der Waals surface area contributed by atoms with Crippen molar-refractivity contribution in [3.8, 4) is 0 Å². The van der Waals surface area contributed by atoms with Crippen LogP contribution in [0.3, 0.4) is 0 Å². The van der Waals surface area contributed by atoms with E-state index in [9.17, 15) is 9.90 Å². The molecule has 2 fully saturated rings. The van der Waals surface area contributed by atoms with Crippen molar-refractivity contribution in [3.63, 3.8) is 0 Å². The Morgan fingerprint density at radius 1 is 1.40 bits per heavy atom. The minimum absolute atomic E-state index is 0.0165. The van der Waals surface area contributed by atoms with E-state index in [-0.39, 0.29) is 24.0 Å². The Hall–Kier alpha value is -0.610. The second-order valence-corrected chi connectivity index (χ2v) is 4.57. The van der Waals surface area contributed by atoms with Crippen molar-refractivity contribution in [2.24, 2.45) is 5.92 Å². The maximum atomic E-state index is 11.3. The van der Waals surface area contributed by atoms with E-state index in [1.54, 1.807) is 0 Å². The SMILES string of the molecule is COC(=O)C1CCN(C2CCCC2O)C1. The van der Waals surface area contributed by atoms with Crippen LogP contribution in [0.4, 0.5) is 0 Å². The first kappa shape index (κ1) is 10.9. The fraction of sp³-hybridized carbons (Fsp3) is 0.909. The van der Waals surface area contributed by atoms with Gasteiger partial charge in [0.25, 0.3) is 0 Å². The molecule has 1 heterocycles. The van der Waals surface area contributed by atoms with Crippen LogP contribution < -0.4 is 0 Å². The fourth-order valence-corrected chi connectivity index (χ4v) is 2.79. The molecule has 0 aromatic rings. The van der Waals surface area contributed by atoms with E-state index in [1.165, 1.54) is 7.11 Å². The highest BCUT2D eigenvalue weighted by molar-refractivity contribution is 5.72. The molecule has 1 aliphatic carbocycles. The van der Waals surface area contributed by atoms with Crippen LogP contribution in [-0.2, 0) is 9.53 Å². The predicted octanol–water partition coefficient (Wildman–Crippen LogP) is 0.395. The lowest BCUT2D eigenvalue weighted by molar-refractivity contribution is -0.145. The molecule has 0 radical (unpaired) electrons. The molecule has 1 aliphatic heterocycles. The highest BCUT2D eigenvalue weighted by atomic mass is 16.5. The Kier molecular flexibility index (Phi) is 3.26. The number of likely N-dealkylation sites (tertiary alicyclic amines) is 1. The summed E-state index contributed by atoms with van der Waals surface area (Å²) in [6, 6.07) is 0.277. The van der Waals surface area contributed by atoms with Gasteiger partial charge in [0.05, 0.1) is 19.1 Å². The van der Waals surface area contributed by atoms with Crippen molar-refractivity contribution in [3.05, 3.63) is 0 Å². The number of methoxy groups -OCH3 is 1. The molecule has 4 nitrogen and oxygen atoms in total. The van der Waals surface area contributed by atoms with Crippen molar-refractivity contribution in [2.75, 3.05) is 20.2 Å². The number of carbonyl (C=O) groups excluding carboxylic acids is 1. The van der Waals surface area contributed by atoms with E-state index in [0.717, 1.165) is 38.8 Å². The molecule has 1 N–H and O–H groups in total. The first-order chi connectivity index (χ1) is 7.22. The van der Waals surface area contributed by atoms with Gasteiger partial charge in [-0.1, -0.05) is 0 Å². The zero-order chi connectivity index (χ0) is 10.8. The molecule has 2 rings (SSSR count). The number of ether oxygens (including phenoxy) is 1. The molecule has 0 aromatic carbocycles. The molecule has 1 saturated heterocycles. The van der Waals surface area contributed by atoms with Crippen LogP contribution in [0.15, 0.2) is 0 Å². The van der Waals surface area contributed by atoms with Gasteiger partial charge in [-0.2, -0.15) is 0 Å². The summed E-state index contributed by atoms with van der Waals surface area (Å²) in [5, 5.41) is 9.77. The predicted molar refractivity (Wildman–Crippen MR) is 55.3 cm³/mol. The van der Waals surface area contributed by atoms with Crippen molar-refractivity contribution in [1.82, 2.24) is 4.90 Å². The summed E-state index contributed by atoms with van der Waals surface area (Å²) < 4.78 is 4.74. The van der Waals surface area contributed by atoms with Crippen LogP contribution in [0, 0.1) is 5.92 Å². The quantitative estimate of drug-likeness (QED) is 0.674. The number of hydrogen-bond donors (Lipinski definition) is 1. The van der Waals surface area contributed by atoms with Gasteiger partial charge >= 0.3 is 5.97 Å². The Balaban J connectivity index is 1.89. The summed E-state index contributed by atoms with van der Waals surface area (Å²) in [6.45, 7) is 1.68. The molecule has 4 heteroatoms. The van der Waals surface area contributed by atoms with E-state index >= 15 is 0 Å². The number of aliphatic hydroxyl groups excluding tert-OH is 1. The van der Waals surface area contributed by atoms with Crippen molar-refractivity contribution < 1.29 is 14.6 Å². The van der Waals surface area contributed by atoms with Gasteiger partial charge in [0.15, 0.2) is 0 Å². The highest BCUT2D eigenvalue weighted by Gasteiger charge is 2.37. The van der Waals surface area contributed by atoms with Gasteiger partial charge in [0, 0.05) is 12.6 Å². The molecule has 0 amide bonds. The van der Waals surface area contributed by atoms with Gasteiger partial charge < -0.3 is 9.84 Å². The lowest BCUT2D eigenvalue weighted by atomic mass is 10.1. The van der Waals surface area contributed by atoms with E-state index in [4.69, 9.17) is 4.74 Å². The molecule has 0 spiro atoms. The van der Waals surface area contributed by atoms with Gasteiger partial charge in [-0.25, -0.2) is 0 Å². The van der Waals surface area contributed by atoms with Crippen LogP contribution in [0.2, 0.25) is 0 Å². The Morgan fingerprint density at radius 2 is 2.20 bits per heavy atom. The normalized spacial score (nSPS) is 37.1. The summed E-state index contributed by atoms with van der Waals surface area (Å²) in [7, 11) is 1.44. The van der Waals surface area contributed by atoms with Gasteiger partial charge in [-0.15, -0.1) is 0 Å². The third-order valence-electron chi connectivity index (χ3n) is 3.67. The topological polar surface area (TPSA) is 49.8 Å². The molecule has 86 valence electrons. The molecular formula is C11H19NO3. The smallest absolute Gasteiger partial charge is 0.310 e. The lowest BCUT2D eigenvalue weighted by Gasteiger charge is -2.26. The Morgan fingerprint density at radius 3 is 2.80 bits per heavy atom. The third-order valence-corrected chi connectivity index (χ3v) is 3.67. The summed E-state index contributed by atoms with van der Waals surface area (Å²) >= 11 is 0. The van der Waals surface area contributed by atoms with Crippen molar-refractivity contribution in [2.45, 2.75) is 37.8 Å². The maximum absolute atomic E-state index is 11.3. The monoisotopic (exact) mass is 213 g/mol. The van der Waals surface area contributed by atoms with E-state index in [2.05, 4.69) is 4.90 Å². The zero-order valence-corrected chi connectivity index (χ0v) is 9.19. The second kappa shape index (κ2) is 4.49. The first-order valence-electron chi connectivity index (χ1n) is 5.72. The van der Waals surface area contributed by atoms with Crippen LogP contribution in [0.5, 0.6) is 0 Å². The Bertz CT molecular complexity index is 244. The largest absolute Gasteiger partial charge is 0.469 e. The highest BCUT2D eigenvalue weighted by Crippen LogP contribution is 2.29. The van der Waals surface area contributed by atoms with Crippen molar-refractivity contribution in [1.29, 1.82) is 0 Å². The average Bonchev–Trinajstić information content (AvgIpc) is 2.84. The van der Waals surface area contributed by atoms with E-state index in [0.29, 0.717) is 0 Å². The number of esters is 1. The molecule has 3 unspecified atom stereocenters. The minimum atomic E-state index is -0.193.